The molecular weight excluding hydrogens is 248 g/mol. The second kappa shape index (κ2) is 4.78. The minimum absolute atomic E-state index is 0.615. The maximum Gasteiger partial charge on any atom is 0.101 e. The van der Waals surface area contributed by atoms with Crippen LogP contribution in [-0.4, -0.2) is 20.1 Å². The molecule has 1 aliphatic heterocycles. The van der Waals surface area contributed by atoms with Crippen molar-refractivity contribution in [3.8, 4) is 6.07 Å². The Morgan fingerprint density at radius 2 is 1.80 bits per heavy atom. The van der Waals surface area contributed by atoms with Crippen molar-refractivity contribution in [3.63, 3.8) is 0 Å². The molecular formula is C16H16N4. The minimum atomic E-state index is 0.615. The number of anilines is 4. The fourth-order valence-corrected chi connectivity index (χ4v) is 2.63. The highest BCUT2D eigenvalue weighted by Crippen LogP contribution is 2.38. The van der Waals surface area contributed by atoms with Crippen molar-refractivity contribution in [2.24, 2.45) is 0 Å². The van der Waals surface area contributed by atoms with Crippen LogP contribution < -0.4 is 15.5 Å². The van der Waals surface area contributed by atoms with Crippen molar-refractivity contribution < 1.29 is 0 Å². The fraction of sp³-hybridized carbons (Fsp3) is 0.188. The highest BCUT2D eigenvalue weighted by atomic mass is 15.3. The molecule has 0 radical (unpaired) electrons. The van der Waals surface area contributed by atoms with Gasteiger partial charge in [-0.2, -0.15) is 5.26 Å². The summed E-state index contributed by atoms with van der Waals surface area (Å²) in [6, 6.07) is 16.0. The molecule has 4 heteroatoms. The number of nitrogen functional groups attached to an aromatic ring is 1. The standard InChI is InChI=1S/C16H16N4/c1-19-8-9-20(16-5-3-2-4-15(16)19)14-7-6-13(18)10-12(14)11-17/h2-7,10H,8-9,18H2,1H3. The van der Waals surface area contributed by atoms with Gasteiger partial charge in [0.15, 0.2) is 0 Å². The van der Waals surface area contributed by atoms with Gasteiger partial charge in [0, 0.05) is 25.8 Å². The summed E-state index contributed by atoms with van der Waals surface area (Å²) in [4.78, 5) is 4.42. The third-order valence-electron chi connectivity index (χ3n) is 3.67. The maximum absolute atomic E-state index is 9.33. The predicted molar refractivity (Wildman–Crippen MR) is 82.3 cm³/mol. The van der Waals surface area contributed by atoms with E-state index >= 15 is 0 Å². The molecule has 100 valence electrons. The molecule has 0 atom stereocenters. The van der Waals surface area contributed by atoms with Gasteiger partial charge in [-0.3, -0.25) is 0 Å². The molecule has 4 nitrogen and oxygen atoms in total. The SMILES string of the molecule is CN1CCN(c2ccc(N)cc2C#N)c2ccccc21. The first-order chi connectivity index (χ1) is 9.70. The summed E-state index contributed by atoms with van der Waals surface area (Å²) in [7, 11) is 2.09. The van der Waals surface area contributed by atoms with Crippen LogP contribution in [0.3, 0.4) is 0 Å². The van der Waals surface area contributed by atoms with Gasteiger partial charge in [0.05, 0.1) is 22.6 Å². The van der Waals surface area contributed by atoms with Crippen molar-refractivity contribution in [3.05, 3.63) is 48.0 Å². The summed E-state index contributed by atoms with van der Waals surface area (Å²) >= 11 is 0. The zero-order chi connectivity index (χ0) is 14.1. The highest BCUT2D eigenvalue weighted by Gasteiger charge is 2.22. The summed E-state index contributed by atoms with van der Waals surface area (Å²) in [5.74, 6) is 0. The Labute approximate surface area is 118 Å². The van der Waals surface area contributed by atoms with Crippen molar-refractivity contribution in [2.75, 3.05) is 35.7 Å². The van der Waals surface area contributed by atoms with E-state index in [9.17, 15) is 5.26 Å². The van der Waals surface area contributed by atoms with E-state index in [4.69, 9.17) is 5.73 Å². The second-order valence-electron chi connectivity index (χ2n) is 4.95. The van der Waals surface area contributed by atoms with E-state index in [2.05, 4.69) is 35.0 Å². The topological polar surface area (TPSA) is 56.3 Å². The molecule has 0 aromatic heterocycles. The number of hydrogen-bond donors (Lipinski definition) is 1. The molecule has 1 heterocycles. The second-order valence-corrected chi connectivity index (χ2v) is 4.95. The summed E-state index contributed by atoms with van der Waals surface area (Å²) in [5, 5.41) is 9.33. The summed E-state index contributed by atoms with van der Waals surface area (Å²) in [6.07, 6.45) is 0. The zero-order valence-corrected chi connectivity index (χ0v) is 11.4. The van der Waals surface area contributed by atoms with E-state index in [0.29, 0.717) is 11.3 Å². The lowest BCUT2D eigenvalue weighted by Gasteiger charge is -2.37. The van der Waals surface area contributed by atoms with Crippen molar-refractivity contribution in [2.45, 2.75) is 0 Å². The first-order valence-corrected chi connectivity index (χ1v) is 6.58. The van der Waals surface area contributed by atoms with Gasteiger partial charge < -0.3 is 15.5 Å². The van der Waals surface area contributed by atoms with Crippen LogP contribution >= 0.6 is 0 Å². The predicted octanol–water partition coefficient (Wildman–Crippen LogP) is 2.73. The van der Waals surface area contributed by atoms with Gasteiger partial charge in [-0.15, -0.1) is 0 Å². The summed E-state index contributed by atoms with van der Waals surface area (Å²) in [6.45, 7) is 1.78. The molecule has 0 fully saturated rings. The summed E-state index contributed by atoms with van der Waals surface area (Å²) < 4.78 is 0. The van der Waals surface area contributed by atoms with Crippen LogP contribution in [0.2, 0.25) is 0 Å². The van der Waals surface area contributed by atoms with Gasteiger partial charge in [0.1, 0.15) is 6.07 Å². The average molecular weight is 264 g/mol. The molecule has 3 rings (SSSR count). The van der Waals surface area contributed by atoms with Gasteiger partial charge in [-0.25, -0.2) is 0 Å². The molecule has 0 amide bonds. The molecule has 20 heavy (non-hydrogen) atoms. The van der Waals surface area contributed by atoms with Crippen LogP contribution in [-0.2, 0) is 0 Å². The normalized spacial score (nSPS) is 13.8. The van der Waals surface area contributed by atoms with E-state index in [1.54, 1.807) is 6.07 Å². The Morgan fingerprint density at radius 1 is 1.05 bits per heavy atom. The van der Waals surface area contributed by atoms with Gasteiger partial charge in [0.2, 0.25) is 0 Å². The first kappa shape index (κ1) is 12.4. The number of para-hydroxylation sites is 2. The van der Waals surface area contributed by atoms with Crippen LogP contribution in [0.1, 0.15) is 5.56 Å². The largest absolute Gasteiger partial charge is 0.399 e. The molecule has 0 unspecified atom stereocenters. The van der Waals surface area contributed by atoms with E-state index in [-0.39, 0.29) is 0 Å². The van der Waals surface area contributed by atoms with Crippen LogP contribution in [0.15, 0.2) is 42.5 Å². The zero-order valence-electron chi connectivity index (χ0n) is 11.4. The van der Waals surface area contributed by atoms with Gasteiger partial charge >= 0.3 is 0 Å². The van der Waals surface area contributed by atoms with Crippen LogP contribution in [0.5, 0.6) is 0 Å². The molecule has 2 aromatic rings. The third-order valence-corrected chi connectivity index (χ3v) is 3.67. The number of nitriles is 1. The smallest absolute Gasteiger partial charge is 0.101 e. The monoisotopic (exact) mass is 264 g/mol. The van der Waals surface area contributed by atoms with Crippen LogP contribution in [0, 0.1) is 11.3 Å². The van der Waals surface area contributed by atoms with Crippen molar-refractivity contribution in [1.82, 2.24) is 0 Å². The quantitative estimate of drug-likeness (QED) is 0.805. The molecule has 2 aromatic carbocycles. The number of likely N-dealkylation sites (N-methyl/N-ethyl adjacent to an activating group) is 1. The minimum Gasteiger partial charge on any atom is -0.399 e. The number of benzene rings is 2. The Balaban J connectivity index is 2.13. The molecule has 0 aliphatic carbocycles. The van der Waals surface area contributed by atoms with Gasteiger partial charge in [0.25, 0.3) is 0 Å². The lowest BCUT2D eigenvalue weighted by Crippen LogP contribution is -2.36. The van der Waals surface area contributed by atoms with Crippen LogP contribution in [0.4, 0.5) is 22.7 Å². The first-order valence-electron chi connectivity index (χ1n) is 6.58. The highest BCUT2D eigenvalue weighted by molar-refractivity contribution is 5.81. The molecule has 0 saturated carbocycles. The van der Waals surface area contributed by atoms with Gasteiger partial charge in [-0.1, -0.05) is 12.1 Å². The number of fused-ring (bicyclic) bond motifs is 1. The maximum atomic E-state index is 9.33. The number of nitrogens with two attached hydrogens (primary N) is 1. The van der Waals surface area contributed by atoms with Crippen molar-refractivity contribution >= 4 is 22.7 Å². The Morgan fingerprint density at radius 3 is 2.55 bits per heavy atom. The lowest BCUT2D eigenvalue weighted by molar-refractivity contribution is 0.821. The molecule has 1 aliphatic rings. The Hall–Kier alpha value is -2.67. The summed E-state index contributed by atoms with van der Waals surface area (Å²) in [5.41, 5.74) is 10.2. The molecule has 0 saturated heterocycles. The Bertz CT molecular complexity index is 687. The Kier molecular flexibility index (Phi) is 2.96. The van der Waals surface area contributed by atoms with E-state index in [1.165, 1.54) is 5.69 Å². The van der Waals surface area contributed by atoms with E-state index < -0.39 is 0 Å². The number of nitrogens with zero attached hydrogens (tertiary/aromatic N) is 3. The molecule has 0 spiro atoms. The molecule has 2 N–H and O–H groups in total. The van der Waals surface area contributed by atoms with E-state index in [0.717, 1.165) is 24.5 Å². The average Bonchev–Trinajstić information content (AvgIpc) is 2.48. The fourth-order valence-electron chi connectivity index (χ4n) is 2.63. The molecule has 0 bridgehead atoms. The van der Waals surface area contributed by atoms with E-state index in [1.807, 2.05) is 24.3 Å². The van der Waals surface area contributed by atoms with Gasteiger partial charge in [-0.05, 0) is 30.3 Å². The van der Waals surface area contributed by atoms with Crippen LogP contribution in [0.25, 0.3) is 0 Å². The lowest BCUT2D eigenvalue weighted by atomic mass is 10.1. The third kappa shape index (κ3) is 1.94. The van der Waals surface area contributed by atoms with Crippen molar-refractivity contribution in [1.29, 1.82) is 5.26 Å². The number of hydrogen-bond acceptors (Lipinski definition) is 4. The number of rotatable bonds is 1.